The fourth-order valence-electron chi connectivity index (χ4n) is 5.31. The summed E-state index contributed by atoms with van der Waals surface area (Å²) in [4.78, 5) is 22.5. The van der Waals surface area contributed by atoms with Crippen molar-refractivity contribution >= 4 is 34.8 Å². The van der Waals surface area contributed by atoms with Crippen LogP contribution in [0.5, 0.6) is 11.5 Å². The van der Waals surface area contributed by atoms with E-state index in [0.29, 0.717) is 22.9 Å². The molecule has 4 aromatic rings. The van der Waals surface area contributed by atoms with Crippen LogP contribution in [0.25, 0.3) is 10.6 Å². The molecule has 7 nitrogen and oxygen atoms in total. The van der Waals surface area contributed by atoms with Crippen LogP contribution in [0.3, 0.4) is 0 Å². The lowest BCUT2D eigenvalue weighted by Gasteiger charge is -2.36. The Morgan fingerprint density at radius 2 is 1.80 bits per heavy atom. The van der Waals surface area contributed by atoms with Gasteiger partial charge in [-0.15, -0.1) is 23.1 Å². The molecule has 12 heteroatoms. The number of carboxylic acid groups (broad SMARTS) is 1. The SMILES string of the molecule is CC(Sc1ccc(OCc2sc(-c3ccc(C(F)(F)F)cc3)nc2CN2CCN(c3ccc4c(c3)CCO4)CC2)cc1)C(=O)O. The molecule has 0 aliphatic carbocycles. The molecule has 6 rings (SSSR count). The number of thioether (sulfide) groups is 1. The van der Waals surface area contributed by atoms with Gasteiger partial charge in [0.25, 0.3) is 0 Å². The van der Waals surface area contributed by atoms with E-state index >= 15 is 0 Å². The molecule has 3 aromatic carbocycles. The molecule has 1 saturated heterocycles. The van der Waals surface area contributed by atoms with Crippen molar-refractivity contribution in [2.24, 2.45) is 0 Å². The maximum Gasteiger partial charge on any atom is 0.416 e. The summed E-state index contributed by atoms with van der Waals surface area (Å²) in [5.41, 5.74) is 3.23. The zero-order chi connectivity index (χ0) is 31.6. The number of halogens is 3. The molecule has 3 heterocycles. The normalized spacial score (nSPS) is 15.9. The van der Waals surface area contributed by atoms with Gasteiger partial charge in [-0.05, 0) is 67.1 Å². The van der Waals surface area contributed by atoms with Crippen LogP contribution in [-0.2, 0) is 30.5 Å². The van der Waals surface area contributed by atoms with Crippen molar-refractivity contribution in [2.45, 2.75) is 42.8 Å². The molecular weight excluding hydrogens is 624 g/mol. The maximum atomic E-state index is 13.2. The number of alkyl halides is 3. The Bertz CT molecular complexity index is 1640. The highest BCUT2D eigenvalue weighted by molar-refractivity contribution is 8.00. The number of hydrogen-bond donors (Lipinski definition) is 1. The second kappa shape index (κ2) is 13.3. The average Bonchev–Trinajstić information content (AvgIpc) is 3.67. The van der Waals surface area contributed by atoms with Gasteiger partial charge < -0.3 is 19.5 Å². The molecule has 1 aromatic heterocycles. The summed E-state index contributed by atoms with van der Waals surface area (Å²) >= 11 is 2.68. The third-order valence-corrected chi connectivity index (χ3v) is 10.1. The Balaban J connectivity index is 1.15. The predicted molar refractivity (Wildman–Crippen MR) is 169 cm³/mol. The number of nitrogens with zero attached hydrogens (tertiary/aromatic N) is 3. The number of piperazine rings is 1. The third-order valence-electron chi connectivity index (χ3n) is 7.88. The van der Waals surface area contributed by atoms with Gasteiger partial charge in [0.05, 0.1) is 22.7 Å². The van der Waals surface area contributed by atoms with Gasteiger partial charge in [0.15, 0.2) is 0 Å². The fraction of sp³-hybridized carbons (Fsp3) is 0.333. The first kappa shape index (κ1) is 31.3. The Kier molecular flexibility index (Phi) is 9.25. The molecule has 2 aliphatic rings. The van der Waals surface area contributed by atoms with Crippen LogP contribution in [0.15, 0.2) is 71.6 Å². The van der Waals surface area contributed by atoms with Crippen molar-refractivity contribution in [1.29, 1.82) is 0 Å². The Morgan fingerprint density at radius 1 is 1.07 bits per heavy atom. The summed E-state index contributed by atoms with van der Waals surface area (Å²) in [6.45, 7) is 6.64. The van der Waals surface area contributed by atoms with Gasteiger partial charge in [0.2, 0.25) is 0 Å². The maximum absolute atomic E-state index is 13.2. The van der Waals surface area contributed by atoms with Crippen LogP contribution in [-0.4, -0.2) is 59.0 Å². The summed E-state index contributed by atoms with van der Waals surface area (Å²) in [5.74, 6) is 0.731. The van der Waals surface area contributed by atoms with Gasteiger partial charge in [-0.1, -0.05) is 12.1 Å². The van der Waals surface area contributed by atoms with Gasteiger partial charge in [0.1, 0.15) is 28.4 Å². The van der Waals surface area contributed by atoms with Gasteiger partial charge in [0, 0.05) is 55.3 Å². The lowest BCUT2D eigenvalue weighted by molar-refractivity contribution is -0.138. The van der Waals surface area contributed by atoms with Gasteiger partial charge in [-0.2, -0.15) is 13.2 Å². The minimum atomic E-state index is -4.40. The van der Waals surface area contributed by atoms with Crippen LogP contribution in [0, 0.1) is 0 Å². The van der Waals surface area contributed by atoms with Gasteiger partial charge in [-0.3, -0.25) is 9.69 Å². The fourth-order valence-corrected chi connectivity index (χ4v) is 7.10. The van der Waals surface area contributed by atoms with Crippen molar-refractivity contribution in [1.82, 2.24) is 9.88 Å². The Labute approximate surface area is 267 Å². The molecule has 0 bridgehead atoms. The van der Waals surface area contributed by atoms with Crippen LogP contribution in [0.1, 0.15) is 28.6 Å². The van der Waals surface area contributed by atoms with Crippen LogP contribution in [0.2, 0.25) is 0 Å². The summed E-state index contributed by atoms with van der Waals surface area (Å²) in [6, 6.07) is 18.8. The Morgan fingerprint density at radius 3 is 2.49 bits per heavy atom. The summed E-state index contributed by atoms with van der Waals surface area (Å²) < 4.78 is 51.2. The number of carboxylic acids is 1. The van der Waals surface area contributed by atoms with Gasteiger partial charge in [-0.25, -0.2) is 4.98 Å². The van der Waals surface area contributed by atoms with Crippen molar-refractivity contribution in [3.05, 3.63) is 88.4 Å². The second-order valence-electron chi connectivity index (χ2n) is 11.0. The number of thiazole rings is 1. The predicted octanol–water partition coefficient (Wildman–Crippen LogP) is 7.23. The highest BCUT2D eigenvalue weighted by atomic mass is 32.2. The van der Waals surface area contributed by atoms with E-state index in [2.05, 4.69) is 28.0 Å². The molecule has 0 spiro atoms. The topological polar surface area (TPSA) is 75.1 Å². The van der Waals surface area contributed by atoms with Gasteiger partial charge >= 0.3 is 12.1 Å². The lowest BCUT2D eigenvalue weighted by Crippen LogP contribution is -2.46. The molecule has 1 unspecified atom stereocenters. The second-order valence-corrected chi connectivity index (χ2v) is 13.5. The largest absolute Gasteiger partial charge is 0.493 e. The zero-order valence-corrected chi connectivity index (χ0v) is 26.2. The number of benzene rings is 3. The molecule has 236 valence electrons. The number of anilines is 1. The van der Waals surface area contributed by atoms with E-state index in [-0.39, 0.29) is 6.61 Å². The number of aromatic nitrogens is 1. The van der Waals surface area contributed by atoms with E-state index in [0.717, 1.165) is 72.6 Å². The number of aliphatic carboxylic acids is 1. The quantitative estimate of drug-likeness (QED) is 0.180. The molecule has 0 amide bonds. The molecule has 2 aliphatic heterocycles. The molecule has 45 heavy (non-hydrogen) atoms. The summed E-state index contributed by atoms with van der Waals surface area (Å²) in [7, 11) is 0. The van der Waals surface area contributed by atoms with Crippen molar-refractivity contribution in [3.63, 3.8) is 0 Å². The van der Waals surface area contributed by atoms with E-state index in [1.165, 1.54) is 46.5 Å². The zero-order valence-electron chi connectivity index (χ0n) is 24.5. The molecule has 0 saturated carbocycles. The van der Waals surface area contributed by atoms with Crippen LogP contribution >= 0.6 is 23.1 Å². The standard InChI is InChI=1S/C33H32F3N3O4S2/c1-21(32(40)41)44-27-9-7-26(8-10-27)43-20-30-28(37-31(45-30)22-2-4-24(5-3-22)33(34,35)36)19-38-13-15-39(16-14-38)25-6-11-29-23(18-25)12-17-42-29/h2-11,18,21H,12-17,19-20H2,1H3,(H,40,41). The first-order valence-corrected chi connectivity index (χ1v) is 16.3. The van der Waals surface area contributed by atoms with Crippen molar-refractivity contribution in [2.75, 3.05) is 37.7 Å². The number of ether oxygens (including phenoxy) is 2. The summed E-state index contributed by atoms with van der Waals surface area (Å²) in [5, 5.41) is 9.25. The van der Waals surface area contributed by atoms with Crippen molar-refractivity contribution < 1.29 is 32.5 Å². The van der Waals surface area contributed by atoms with E-state index < -0.39 is 23.0 Å². The first-order chi connectivity index (χ1) is 21.6. The van der Waals surface area contributed by atoms with Crippen LogP contribution < -0.4 is 14.4 Å². The van der Waals surface area contributed by atoms with E-state index in [1.54, 1.807) is 19.1 Å². The van der Waals surface area contributed by atoms with Crippen LogP contribution in [0.4, 0.5) is 18.9 Å². The minimum absolute atomic E-state index is 0.253. The van der Waals surface area contributed by atoms with E-state index in [4.69, 9.17) is 14.5 Å². The number of rotatable bonds is 10. The Hall–Kier alpha value is -3.74. The number of hydrogen-bond acceptors (Lipinski definition) is 8. The molecule has 1 atom stereocenters. The highest BCUT2D eigenvalue weighted by Gasteiger charge is 2.30. The molecular formula is C33H32F3N3O4S2. The lowest BCUT2D eigenvalue weighted by atomic mass is 10.1. The van der Waals surface area contributed by atoms with E-state index in [1.807, 2.05) is 12.1 Å². The third kappa shape index (κ3) is 7.57. The monoisotopic (exact) mass is 655 g/mol. The molecule has 1 N–H and O–H groups in total. The average molecular weight is 656 g/mol. The first-order valence-electron chi connectivity index (χ1n) is 14.6. The smallest absolute Gasteiger partial charge is 0.416 e. The number of fused-ring (bicyclic) bond motifs is 1. The molecule has 0 radical (unpaired) electrons. The summed E-state index contributed by atoms with van der Waals surface area (Å²) in [6.07, 6.45) is -3.47. The number of carbonyl (C=O) groups is 1. The van der Waals surface area contributed by atoms with E-state index in [9.17, 15) is 23.1 Å². The molecule has 1 fully saturated rings. The minimum Gasteiger partial charge on any atom is -0.493 e. The van der Waals surface area contributed by atoms with Crippen molar-refractivity contribution in [3.8, 4) is 22.1 Å². The highest BCUT2D eigenvalue weighted by Crippen LogP contribution is 2.35.